The minimum Gasteiger partial charge on any atom is -0.451 e. The van der Waals surface area contributed by atoms with E-state index in [-0.39, 0.29) is 11.3 Å². The number of ether oxygens (including phenoxy) is 2. The number of phosphoric ester groups is 1. The number of rotatable bonds is 6. The second-order valence-electron chi connectivity index (χ2n) is 7.54. The molecule has 6 N–H and O–H groups in total. The van der Waals surface area contributed by atoms with Crippen LogP contribution in [0.5, 0.6) is 0 Å². The number of aliphatic hydroxyl groups is 2. The summed E-state index contributed by atoms with van der Waals surface area (Å²) in [6.07, 6.45) is -5.80. The van der Waals surface area contributed by atoms with Crippen LogP contribution in [-0.2, 0) is 18.6 Å². The summed E-state index contributed by atoms with van der Waals surface area (Å²) >= 11 is 0. The Balaban J connectivity index is 1.79. The monoisotopic (exact) mass is 478 g/mol. The molecule has 0 spiro atoms. The molecule has 0 radical (unpaired) electrons. The molecule has 1 fully saturated rings. The molecule has 33 heavy (non-hydrogen) atoms. The Morgan fingerprint density at radius 1 is 1.09 bits per heavy atom. The Bertz CT molecular complexity index is 1190. The molecule has 11 nitrogen and oxygen atoms in total. The van der Waals surface area contributed by atoms with E-state index in [4.69, 9.17) is 19.7 Å². The fraction of sp³-hybridized carbons (Fsp3) is 0.286. The number of nitrogens with two attached hydrogens (primary N) is 1. The molecule has 12 heteroatoms. The number of hydrogen-bond donors (Lipinski definition) is 5. The lowest BCUT2D eigenvalue weighted by atomic mass is 9.97. The minimum atomic E-state index is -5.14. The molecule has 176 valence electrons. The Morgan fingerprint density at radius 3 is 2.48 bits per heavy atom. The fourth-order valence-electron chi connectivity index (χ4n) is 3.88. The number of para-hydroxylation sites is 2. The third kappa shape index (κ3) is 4.80. The highest BCUT2D eigenvalue weighted by Crippen LogP contribution is 2.44. The lowest BCUT2D eigenvalue weighted by molar-refractivity contribution is -0.246. The molecular weight excluding hydrogens is 455 g/mol. The first-order valence-corrected chi connectivity index (χ1v) is 11.5. The van der Waals surface area contributed by atoms with Crippen molar-refractivity contribution in [2.75, 3.05) is 12.3 Å². The van der Waals surface area contributed by atoms with Crippen molar-refractivity contribution < 1.29 is 43.4 Å². The Morgan fingerprint density at radius 2 is 1.79 bits per heavy atom. The number of aliphatic hydroxyl groups excluding tert-OH is 2. The molecule has 0 amide bonds. The van der Waals surface area contributed by atoms with Gasteiger partial charge < -0.3 is 39.8 Å². The second kappa shape index (κ2) is 9.24. The molecule has 1 aliphatic heterocycles. The summed E-state index contributed by atoms with van der Waals surface area (Å²) in [7, 11) is -5.14. The third-order valence-corrected chi connectivity index (χ3v) is 5.92. The van der Waals surface area contributed by atoms with Crippen molar-refractivity contribution in [2.45, 2.75) is 30.6 Å². The standard InChI is InChI=1S/C21H23N2O9P/c22-14-7-3-2-6-13(14)21(26)31-19-18(32-33(27,28)29)17(25)16(11-24)30-20(19)23-10-9-12-5-1-4-8-15(12)23/h1-10,16-20,24-25H,11,22H2,(H2,27,28,29)/t16-,17-,18+,19-,20-/m1/s1. The zero-order chi connectivity index (χ0) is 23.8. The Hall–Kier alpha value is -2.76. The molecule has 1 aliphatic rings. The van der Waals surface area contributed by atoms with Crippen LogP contribution in [0.4, 0.5) is 5.69 Å². The van der Waals surface area contributed by atoms with Crippen molar-refractivity contribution in [1.29, 1.82) is 0 Å². The van der Waals surface area contributed by atoms with E-state index in [0.29, 0.717) is 5.52 Å². The summed E-state index contributed by atoms with van der Waals surface area (Å²) in [6.45, 7) is -0.676. The van der Waals surface area contributed by atoms with E-state index in [9.17, 15) is 29.4 Å². The quantitative estimate of drug-likeness (QED) is 0.197. The van der Waals surface area contributed by atoms with Crippen LogP contribution in [-0.4, -0.2) is 61.6 Å². The number of nitrogen functional groups attached to an aromatic ring is 1. The molecule has 4 rings (SSSR count). The predicted octanol–water partition coefficient (Wildman–Crippen LogP) is 1.18. The van der Waals surface area contributed by atoms with E-state index >= 15 is 0 Å². The average Bonchev–Trinajstić information content (AvgIpc) is 3.20. The smallest absolute Gasteiger partial charge is 0.451 e. The van der Waals surface area contributed by atoms with E-state index < -0.39 is 51.0 Å². The lowest BCUT2D eigenvalue weighted by Gasteiger charge is -2.44. The number of esters is 1. The molecule has 1 aromatic heterocycles. The van der Waals surface area contributed by atoms with Crippen LogP contribution in [0.1, 0.15) is 16.6 Å². The molecule has 3 aromatic rings. The second-order valence-corrected chi connectivity index (χ2v) is 8.73. The molecule has 1 saturated heterocycles. The van der Waals surface area contributed by atoms with Gasteiger partial charge in [0.1, 0.15) is 18.3 Å². The first kappa shape index (κ1) is 23.4. The summed E-state index contributed by atoms with van der Waals surface area (Å²) < 4.78 is 29.6. The van der Waals surface area contributed by atoms with Crippen LogP contribution >= 0.6 is 7.82 Å². The highest BCUT2D eigenvalue weighted by molar-refractivity contribution is 7.46. The summed E-state index contributed by atoms with van der Waals surface area (Å²) in [6, 6.07) is 15.1. The number of hydrogen-bond acceptors (Lipinski definition) is 8. The SMILES string of the molecule is Nc1ccccc1C(=O)O[C@@H]1[C@@H](OP(=O)(O)O)[C@H](O)[C@@H](CO)O[C@H]1n1ccc2ccccc21. The molecule has 0 bridgehead atoms. The summed E-state index contributed by atoms with van der Waals surface area (Å²) in [4.78, 5) is 31.8. The van der Waals surface area contributed by atoms with Gasteiger partial charge in [-0.25, -0.2) is 9.36 Å². The van der Waals surface area contributed by atoms with Crippen molar-refractivity contribution in [3.8, 4) is 0 Å². The van der Waals surface area contributed by atoms with Gasteiger partial charge in [0.25, 0.3) is 0 Å². The Kier molecular flexibility index (Phi) is 6.55. The van der Waals surface area contributed by atoms with E-state index in [2.05, 4.69) is 0 Å². The number of benzene rings is 2. The van der Waals surface area contributed by atoms with Crippen molar-refractivity contribution in [1.82, 2.24) is 4.57 Å². The zero-order valence-corrected chi connectivity index (χ0v) is 18.1. The largest absolute Gasteiger partial charge is 0.470 e. The summed E-state index contributed by atoms with van der Waals surface area (Å²) in [5, 5.41) is 21.2. The van der Waals surface area contributed by atoms with Crippen molar-refractivity contribution in [2.24, 2.45) is 0 Å². The van der Waals surface area contributed by atoms with E-state index in [0.717, 1.165) is 5.39 Å². The first-order valence-electron chi connectivity index (χ1n) is 9.99. The van der Waals surface area contributed by atoms with Crippen molar-refractivity contribution >= 4 is 30.4 Å². The number of anilines is 1. The molecule has 2 aromatic carbocycles. The lowest BCUT2D eigenvalue weighted by Crippen LogP contribution is -2.58. The summed E-state index contributed by atoms with van der Waals surface area (Å²) in [5.74, 6) is -0.905. The fourth-order valence-corrected chi connectivity index (χ4v) is 4.44. The summed E-state index contributed by atoms with van der Waals surface area (Å²) in [5.41, 5.74) is 6.66. The first-order chi connectivity index (χ1) is 15.7. The van der Waals surface area contributed by atoms with Gasteiger partial charge in [0.15, 0.2) is 12.3 Å². The number of fused-ring (bicyclic) bond motifs is 1. The van der Waals surface area contributed by atoms with E-state index in [1.807, 2.05) is 12.1 Å². The molecule has 2 heterocycles. The van der Waals surface area contributed by atoms with Crippen LogP contribution in [0.25, 0.3) is 10.9 Å². The van der Waals surface area contributed by atoms with Gasteiger partial charge in [-0.2, -0.15) is 0 Å². The molecule has 0 aliphatic carbocycles. The highest BCUT2D eigenvalue weighted by atomic mass is 31.2. The number of phosphoric acid groups is 1. The van der Waals surface area contributed by atoms with Gasteiger partial charge in [-0.3, -0.25) is 4.52 Å². The number of carbonyl (C=O) groups excluding carboxylic acids is 1. The Labute approximate surface area is 188 Å². The van der Waals surface area contributed by atoms with Gasteiger partial charge in [0.2, 0.25) is 0 Å². The van der Waals surface area contributed by atoms with Crippen LogP contribution in [0.2, 0.25) is 0 Å². The van der Waals surface area contributed by atoms with Crippen molar-refractivity contribution in [3.63, 3.8) is 0 Å². The van der Waals surface area contributed by atoms with E-state index in [1.54, 1.807) is 41.1 Å². The zero-order valence-electron chi connectivity index (χ0n) is 17.2. The van der Waals surface area contributed by atoms with Gasteiger partial charge in [0.05, 0.1) is 17.7 Å². The van der Waals surface area contributed by atoms with Gasteiger partial charge in [0, 0.05) is 11.9 Å². The molecule has 0 saturated carbocycles. The molecular formula is C21H23N2O9P. The van der Waals surface area contributed by atoms with Gasteiger partial charge >= 0.3 is 13.8 Å². The molecule has 5 atom stereocenters. The number of carbonyl (C=O) groups is 1. The van der Waals surface area contributed by atoms with Crippen LogP contribution < -0.4 is 5.73 Å². The molecule has 0 unspecified atom stereocenters. The third-order valence-electron chi connectivity index (χ3n) is 5.40. The van der Waals surface area contributed by atoms with Gasteiger partial charge in [-0.05, 0) is 29.7 Å². The van der Waals surface area contributed by atoms with Gasteiger partial charge in [-0.15, -0.1) is 0 Å². The highest BCUT2D eigenvalue weighted by Gasteiger charge is 2.51. The average molecular weight is 478 g/mol. The van der Waals surface area contributed by atoms with E-state index in [1.165, 1.54) is 12.1 Å². The minimum absolute atomic E-state index is 0.0160. The maximum Gasteiger partial charge on any atom is 0.470 e. The predicted molar refractivity (Wildman–Crippen MR) is 116 cm³/mol. The van der Waals surface area contributed by atoms with Crippen molar-refractivity contribution in [3.05, 3.63) is 66.4 Å². The topological polar surface area (TPSA) is 174 Å². The maximum atomic E-state index is 12.9. The maximum absolute atomic E-state index is 12.9. The van der Waals surface area contributed by atoms with Crippen LogP contribution in [0.3, 0.4) is 0 Å². The van der Waals surface area contributed by atoms with Gasteiger partial charge in [-0.1, -0.05) is 30.3 Å². The number of nitrogens with zero attached hydrogens (tertiary/aromatic N) is 1. The van der Waals surface area contributed by atoms with Crippen LogP contribution in [0.15, 0.2) is 60.8 Å². The number of aromatic nitrogens is 1. The van der Waals surface area contributed by atoms with Crippen LogP contribution in [0, 0.1) is 0 Å². The normalized spacial score (nSPS) is 25.8.